The topological polar surface area (TPSA) is 12.5 Å². The molecule has 0 unspecified atom stereocenters. The number of ether oxygens (including phenoxy) is 1. The van der Waals surface area contributed by atoms with Crippen LogP contribution in [0.2, 0.25) is 10.0 Å². The van der Waals surface area contributed by atoms with Crippen LogP contribution in [-0.2, 0) is 11.3 Å². The van der Waals surface area contributed by atoms with E-state index < -0.39 is 0 Å². The average Bonchev–Trinajstić information content (AvgIpc) is 2.20. The maximum absolute atomic E-state index is 6.06. The van der Waals surface area contributed by atoms with E-state index in [-0.39, 0.29) is 0 Å². The molecule has 1 heterocycles. The highest BCUT2D eigenvalue weighted by atomic mass is 35.5. The second kappa shape index (κ2) is 5.57. The van der Waals surface area contributed by atoms with Crippen molar-refractivity contribution in [1.82, 2.24) is 4.90 Å². The van der Waals surface area contributed by atoms with E-state index in [2.05, 4.69) is 18.7 Å². The molecule has 2 nitrogen and oxygen atoms in total. The lowest BCUT2D eigenvalue weighted by Crippen LogP contribution is -2.49. The first-order valence-corrected chi connectivity index (χ1v) is 6.47. The molecule has 0 atom stereocenters. The molecule has 1 saturated heterocycles. The molecule has 93 valence electrons. The van der Waals surface area contributed by atoms with Crippen LogP contribution >= 0.6 is 23.2 Å². The Morgan fingerprint density at radius 3 is 2.65 bits per heavy atom. The van der Waals surface area contributed by atoms with Gasteiger partial charge < -0.3 is 4.74 Å². The highest BCUT2D eigenvalue weighted by Gasteiger charge is 2.30. The van der Waals surface area contributed by atoms with Crippen LogP contribution in [0.15, 0.2) is 18.2 Å². The van der Waals surface area contributed by atoms with E-state index in [4.69, 9.17) is 27.9 Å². The van der Waals surface area contributed by atoms with Crippen LogP contribution in [0.1, 0.15) is 19.4 Å². The molecule has 0 bridgehead atoms. The van der Waals surface area contributed by atoms with Crippen molar-refractivity contribution in [2.24, 2.45) is 0 Å². The fourth-order valence-corrected chi connectivity index (χ4v) is 2.06. The normalized spacial score (nSPS) is 17.5. The van der Waals surface area contributed by atoms with Gasteiger partial charge in [0.05, 0.1) is 6.61 Å². The molecule has 0 spiro atoms. The van der Waals surface area contributed by atoms with Crippen molar-refractivity contribution < 1.29 is 4.74 Å². The van der Waals surface area contributed by atoms with Crippen molar-refractivity contribution in [3.05, 3.63) is 39.9 Å². The van der Waals surface area contributed by atoms with Gasteiger partial charge in [-0.05, 0) is 37.6 Å². The number of halogens is 2. The van der Waals surface area contributed by atoms with Gasteiger partial charge in [-0.3, -0.25) is 4.90 Å². The highest BCUT2D eigenvalue weighted by Crippen LogP contribution is 2.26. The Morgan fingerprint density at radius 1 is 1.29 bits per heavy atom. The van der Waals surface area contributed by atoms with E-state index in [0.29, 0.717) is 22.7 Å². The monoisotopic (exact) mass is 272 g/mol. The summed E-state index contributed by atoms with van der Waals surface area (Å²) in [4.78, 5) is 2.34. The van der Waals surface area contributed by atoms with E-state index >= 15 is 0 Å². The molecule has 1 aromatic carbocycles. The van der Waals surface area contributed by atoms with Gasteiger partial charge >= 0.3 is 0 Å². The molecule has 0 saturated carbocycles. The van der Waals surface area contributed by atoms with Gasteiger partial charge in [0.2, 0.25) is 0 Å². The smallest absolute Gasteiger partial charge is 0.125 e. The zero-order valence-corrected chi connectivity index (χ0v) is 11.6. The predicted molar refractivity (Wildman–Crippen MR) is 71.2 cm³/mol. The number of benzene rings is 1. The van der Waals surface area contributed by atoms with Crippen molar-refractivity contribution >= 4 is 23.2 Å². The molecule has 0 aliphatic carbocycles. The van der Waals surface area contributed by atoms with Crippen molar-refractivity contribution in [1.29, 1.82) is 0 Å². The lowest BCUT2D eigenvalue weighted by atomic mass is 10.1. The van der Waals surface area contributed by atoms with Crippen LogP contribution in [0.4, 0.5) is 0 Å². The Bertz CT molecular complexity index is 389. The first kappa shape index (κ1) is 13.2. The molecule has 17 heavy (non-hydrogen) atoms. The van der Waals surface area contributed by atoms with E-state index in [1.54, 1.807) is 12.1 Å². The lowest BCUT2D eigenvalue weighted by molar-refractivity contribution is 0.00424. The number of rotatable bonds is 4. The average molecular weight is 273 g/mol. The zero-order chi connectivity index (χ0) is 12.4. The SMILES string of the molecule is CC(C)N1C[C](OCc2cc(Cl)ccc2Cl)C1. The lowest BCUT2D eigenvalue weighted by Gasteiger charge is -2.40. The molecule has 2 rings (SSSR count). The fourth-order valence-electron chi connectivity index (χ4n) is 1.70. The molecular weight excluding hydrogens is 257 g/mol. The standard InChI is InChI=1S/C13H16Cl2NO/c1-9(2)16-6-12(7-16)17-8-10-5-11(14)3-4-13(10)15/h3-5,9H,6-8H2,1-2H3. The summed E-state index contributed by atoms with van der Waals surface area (Å²) in [6, 6.07) is 6.01. The number of likely N-dealkylation sites (tertiary alicyclic amines) is 1. The second-order valence-electron chi connectivity index (χ2n) is 4.56. The molecule has 0 amide bonds. The highest BCUT2D eigenvalue weighted by molar-refractivity contribution is 6.33. The van der Waals surface area contributed by atoms with Crippen molar-refractivity contribution in [2.45, 2.75) is 26.5 Å². The number of nitrogens with zero attached hydrogens (tertiary/aromatic N) is 1. The van der Waals surface area contributed by atoms with Gasteiger partial charge in [0.25, 0.3) is 0 Å². The largest absolute Gasteiger partial charge is 0.364 e. The van der Waals surface area contributed by atoms with Crippen molar-refractivity contribution in [3.8, 4) is 0 Å². The third-order valence-electron chi connectivity index (χ3n) is 2.93. The van der Waals surface area contributed by atoms with Gasteiger partial charge in [-0.25, -0.2) is 0 Å². The molecule has 1 radical (unpaired) electrons. The molecule has 1 fully saturated rings. The Morgan fingerprint density at radius 2 is 2.00 bits per heavy atom. The van der Waals surface area contributed by atoms with E-state index in [1.165, 1.54) is 0 Å². The van der Waals surface area contributed by atoms with Gasteiger partial charge in [0.15, 0.2) is 0 Å². The summed E-state index contributed by atoms with van der Waals surface area (Å²) in [5, 5.41) is 1.39. The molecule has 1 aliphatic heterocycles. The summed E-state index contributed by atoms with van der Waals surface area (Å²) in [6.45, 7) is 6.72. The van der Waals surface area contributed by atoms with Gasteiger partial charge in [0.1, 0.15) is 6.10 Å². The van der Waals surface area contributed by atoms with Gasteiger partial charge in [-0.15, -0.1) is 0 Å². The molecular formula is C13H16Cl2NO. The first-order valence-electron chi connectivity index (χ1n) is 5.71. The van der Waals surface area contributed by atoms with E-state index in [0.717, 1.165) is 24.8 Å². The summed E-state index contributed by atoms with van der Waals surface area (Å²) < 4.78 is 5.71. The van der Waals surface area contributed by atoms with Crippen LogP contribution in [0, 0.1) is 6.10 Å². The minimum atomic E-state index is 0.501. The van der Waals surface area contributed by atoms with Crippen molar-refractivity contribution in [3.63, 3.8) is 0 Å². The second-order valence-corrected chi connectivity index (χ2v) is 5.41. The van der Waals surface area contributed by atoms with E-state index in [9.17, 15) is 0 Å². The minimum absolute atomic E-state index is 0.501. The Balaban J connectivity index is 1.81. The number of hydrogen-bond donors (Lipinski definition) is 0. The Labute approximate surface area is 112 Å². The zero-order valence-electron chi connectivity index (χ0n) is 10.0. The summed E-state index contributed by atoms with van der Waals surface area (Å²) >= 11 is 12.0. The Kier molecular flexibility index (Phi) is 4.31. The van der Waals surface area contributed by atoms with Crippen molar-refractivity contribution in [2.75, 3.05) is 13.1 Å². The van der Waals surface area contributed by atoms with Crippen LogP contribution in [0.5, 0.6) is 0 Å². The van der Waals surface area contributed by atoms with E-state index in [1.807, 2.05) is 6.07 Å². The third kappa shape index (κ3) is 3.35. The van der Waals surface area contributed by atoms with Gasteiger partial charge in [-0.2, -0.15) is 0 Å². The molecule has 4 heteroatoms. The van der Waals surface area contributed by atoms with Crippen LogP contribution in [0.3, 0.4) is 0 Å². The summed E-state index contributed by atoms with van der Waals surface area (Å²) in [6.07, 6.45) is 1.12. The minimum Gasteiger partial charge on any atom is -0.364 e. The molecule has 1 aliphatic rings. The van der Waals surface area contributed by atoms with Gasteiger partial charge in [-0.1, -0.05) is 23.2 Å². The fraction of sp³-hybridized carbons (Fsp3) is 0.462. The van der Waals surface area contributed by atoms with Gasteiger partial charge in [0, 0.05) is 29.2 Å². The summed E-state index contributed by atoms with van der Waals surface area (Å²) in [7, 11) is 0. The van der Waals surface area contributed by atoms with Crippen LogP contribution < -0.4 is 0 Å². The maximum atomic E-state index is 6.06. The Hall–Kier alpha value is -0.280. The number of hydrogen-bond acceptors (Lipinski definition) is 2. The van der Waals surface area contributed by atoms with Crippen LogP contribution in [-0.4, -0.2) is 24.0 Å². The predicted octanol–water partition coefficient (Wildman–Crippen LogP) is 3.77. The summed E-state index contributed by atoms with van der Waals surface area (Å²) in [5.41, 5.74) is 0.940. The third-order valence-corrected chi connectivity index (χ3v) is 3.53. The molecule has 0 N–H and O–H groups in total. The molecule has 0 aromatic heterocycles. The van der Waals surface area contributed by atoms with Crippen LogP contribution in [0.25, 0.3) is 0 Å². The quantitative estimate of drug-likeness (QED) is 0.828. The summed E-state index contributed by atoms with van der Waals surface area (Å²) in [5.74, 6) is 0. The first-order chi connectivity index (χ1) is 8.06. The maximum Gasteiger partial charge on any atom is 0.125 e. The molecule has 1 aromatic rings.